The van der Waals surface area contributed by atoms with Gasteiger partial charge in [0.15, 0.2) is 11.5 Å². The van der Waals surface area contributed by atoms with Gasteiger partial charge in [0.25, 0.3) is 0 Å². The highest BCUT2D eigenvalue weighted by Crippen LogP contribution is 2.36. The summed E-state index contributed by atoms with van der Waals surface area (Å²) in [7, 11) is 1.57. The molecule has 0 bridgehead atoms. The number of carbonyl (C=O) groups excluding carboxylic acids is 1. The first-order chi connectivity index (χ1) is 12.5. The second kappa shape index (κ2) is 10.4. The van der Waals surface area contributed by atoms with Gasteiger partial charge in [0, 0.05) is 9.92 Å². The number of amides is 1. The van der Waals surface area contributed by atoms with Crippen molar-refractivity contribution in [1.82, 2.24) is 5.43 Å². The van der Waals surface area contributed by atoms with Gasteiger partial charge in [0.05, 0.1) is 30.2 Å². The topological polar surface area (TPSA) is 59.9 Å². The third-order valence-corrected chi connectivity index (χ3v) is 4.98. The lowest BCUT2D eigenvalue weighted by atomic mass is 10.2. The summed E-state index contributed by atoms with van der Waals surface area (Å²) in [5.41, 5.74) is 3.27. The molecule has 0 aliphatic rings. The molecule has 1 N–H and O–H groups in total. The summed E-state index contributed by atoms with van der Waals surface area (Å²) in [5.74, 6) is 1.29. The maximum absolute atomic E-state index is 11.9. The fraction of sp³-hybridized carbons (Fsp3) is 0.222. The summed E-state index contributed by atoms with van der Waals surface area (Å²) in [6.45, 7) is 2.43. The maximum Gasteiger partial charge on any atom is 0.250 e. The highest BCUT2D eigenvalue weighted by Gasteiger charge is 2.10. The molecule has 0 fully saturated rings. The number of carbonyl (C=O) groups is 1. The Kier molecular flexibility index (Phi) is 8.28. The fourth-order valence-corrected chi connectivity index (χ4v) is 3.38. The van der Waals surface area contributed by atoms with Crippen LogP contribution in [0, 0.1) is 0 Å². The summed E-state index contributed by atoms with van der Waals surface area (Å²) < 4.78 is 11.6. The van der Waals surface area contributed by atoms with E-state index >= 15 is 0 Å². The standard InChI is InChI=1S/C18H18BrClN2O3S/c1-3-25-18-15(19)8-12(9-16(18)24-2)10-21-22-17(23)11-26-14-6-4-13(20)5-7-14/h4-10H,3,11H2,1-2H3,(H,22,23)/b21-10-. The number of hydrazone groups is 1. The van der Waals surface area contributed by atoms with Gasteiger partial charge < -0.3 is 9.47 Å². The van der Waals surface area contributed by atoms with Gasteiger partial charge in [0.2, 0.25) is 5.91 Å². The van der Waals surface area contributed by atoms with Gasteiger partial charge in [-0.05, 0) is 64.8 Å². The van der Waals surface area contributed by atoms with E-state index in [0.717, 1.165) is 14.9 Å². The summed E-state index contributed by atoms with van der Waals surface area (Å²) in [5, 5.41) is 4.65. The lowest BCUT2D eigenvalue weighted by Gasteiger charge is -2.11. The largest absolute Gasteiger partial charge is 0.493 e. The van der Waals surface area contributed by atoms with Crippen molar-refractivity contribution in [2.24, 2.45) is 5.10 Å². The molecule has 2 aromatic rings. The van der Waals surface area contributed by atoms with E-state index in [2.05, 4.69) is 26.5 Å². The van der Waals surface area contributed by atoms with Crippen molar-refractivity contribution in [2.45, 2.75) is 11.8 Å². The third-order valence-electron chi connectivity index (χ3n) is 3.13. The number of thioether (sulfide) groups is 1. The molecule has 0 aromatic heterocycles. The van der Waals surface area contributed by atoms with Crippen LogP contribution in [0.25, 0.3) is 0 Å². The molecule has 0 spiro atoms. The van der Waals surface area contributed by atoms with Gasteiger partial charge >= 0.3 is 0 Å². The van der Waals surface area contributed by atoms with E-state index in [1.54, 1.807) is 31.5 Å². The summed E-state index contributed by atoms with van der Waals surface area (Å²) in [6, 6.07) is 10.9. The minimum absolute atomic E-state index is 0.196. The average Bonchev–Trinajstić information content (AvgIpc) is 2.63. The second-order valence-electron chi connectivity index (χ2n) is 5.00. The number of hydrogen-bond acceptors (Lipinski definition) is 5. The number of benzene rings is 2. The van der Waals surface area contributed by atoms with Crippen LogP contribution in [0.3, 0.4) is 0 Å². The van der Waals surface area contributed by atoms with Gasteiger partial charge in [0.1, 0.15) is 0 Å². The van der Waals surface area contributed by atoms with Crippen LogP contribution in [0.4, 0.5) is 0 Å². The number of methoxy groups -OCH3 is 1. The Hall–Kier alpha value is -1.70. The van der Waals surface area contributed by atoms with Crippen LogP contribution in [-0.2, 0) is 4.79 Å². The van der Waals surface area contributed by atoms with E-state index in [1.807, 2.05) is 25.1 Å². The molecule has 8 heteroatoms. The van der Waals surface area contributed by atoms with Crippen LogP contribution in [0.5, 0.6) is 11.5 Å². The lowest BCUT2D eigenvalue weighted by Crippen LogP contribution is -2.19. The first-order valence-electron chi connectivity index (χ1n) is 7.74. The molecule has 0 aliphatic heterocycles. The Bertz CT molecular complexity index is 785. The SMILES string of the molecule is CCOc1c(Br)cc(/C=N\NC(=O)CSc2ccc(Cl)cc2)cc1OC. The zero-order valence-electron chi connectivity index (χ0n) is 14.3. The van der Waals surface area contributed by atoms with Gasteiger partial charge in [-0.25, -0.2) is 5.43 Å². The predicted octanol–water partition coefficient (Wildman–Crippen LogP) is 4.75. The third kappa shape index (κ3) is 6.23. The van der Waals surface area contributed by atoms with Crippen molar-refractivity contribution in [3.05, 3.63) is 51.5 Å². The van der Waals surface area contributed by atoms with Crippen LogP contribution in [0.1, 0.15) is 12.5 Å². The maximum atomic E-state index is 11.9. The minimum Gasteiger partial charge on any atom is -0.493 e. The second-order valence-corrected chi connectivity index (χ2v) is 7.34. The van der Waals surface area contributed by atoms with Crippen LogP contribution in [-0.4, -0.2) is 31.6 Å². The van der Waals surface area contributed by atoms with Crippen LogP contribution in [0.15, 0.2) is 50.9 Å². The van der Waals surface area contributed by atoms with Crippen molar-refractivity contribution in [2.75, 3.05) is 19.5 Å². The number of nitrogens with one attached hydrogen (secondary N) is 1. The summed E-state index contributed by atoms with van der Waals surface area (Å²) in [6.07, 6.45) is 1.55. The molecule has 0 saturated heterocycles. The number of rotatable bonds is 8. The van der Waals surface area contributed by atoms with Gasteiger partial charge in [-0.3, -0.25) is 4.79 Å². The molecule has 26 heavy (non-hydrogen) atoms. The number of hydrogen-bond donors (Lipinski definition) is 1. The number of ether oxygens (including phenoxy) is 2. The van der Waals surface area contributed by atoms with Crippen molar-refractivity contribution in [3.8, 4) is 11.5 Å². The van der Waals surface area contributed by atoms with E-state index < -0.39 is 0 Å². The highest BCUT2D eigenvalue weighted by molar-refractivity contribution is 9.10. The van der Waals surface area contributed by atoms with Crippen LogP contribution in [0.2, 0.25) is 5.02 Å². The van der Waals surface area contributed by atoms with Crippen molar-refractivity contribution >= 4 is 51.4 Å². The quantitative estimate of drug-likeness (QED) is 0.353. The molecule has 0 atom stereocenters. The lowest BCUT2D eigenvalue weighted by molar-refractivity contribution is -0.118. The Morgan fingerprint density at radius 1 is 1.35 bits per heavy atom. The zero-order valence-corrected chi connectivity index (χ0v) is 17.5. The monoisotopic (exact) mass is 456 g/mol. The average molecular weight is 458 g/mol. The first-order valence-corrected chi connectivity index (χ1v) is 9.89. The fourth-order valence-electron chi connectivity index (χ4n) is 1.99. The zero-order chi connectivity index (χ0) is 18.9. The molecule has 0 aliphatic carbocycles. The van der Waals surface area contributed by atoms with E-state index in [0.29, 0.717) is 23.1 Å². The molecule has 0 unspecified atom stereocenters. The first kappa shape index (κ1) is 20.6. The van der Waals surface area contributed by atoms with E-state index in [4.69, 9.17) is 21.1 Å². The van der Waals surface area contributed by atoms with Crippen LogP contribution < -0.4 is 14.9 Å². The normalized spacial score (nSPS) is 10.8. The van der Waals surface area contributed by atoms with Crippen molar-refractivity contribution in [3.63, 3.8) is 0 Å². The molecule has 1 amide bonds. The molecule has 0 radical (unpaired) electrons. The molecule has 0 heterocycles. The Balaban J connectivity index is 1.91. The smallest absolute Gasteiger partial charge is 0.250 e. The molecular weight excluding hydrogens is 440 g/mol. The summed E-state index contributed by atoms with van der Waals surface area (Å²) >= 11 is 10.7. The molecule has 2 rings (SSSR count). The minimum atomic E-state index is -0.196. The summed E-state index contributed by atoms with van der Waals surface area (Å²) in [4.78, 5) is 12.8. The highest BCUT2D eigenvalue weighted by atomic mass is 79.9. The molecule has 0 saturated carbocycles. The van der Waals surface area contributed by atoms with E-state index in [9.17, 15) is 4.79 Å². The van der Waals surface area contributed by atoms with E-state index in [-0.39, 0.29) is 11.7 Å². The molecular formula is C18H18BrClN2O3S. The number of nitrogens with zero attached hydrogens (tertiary/aromatic N) is 1. The van der Waals surface area contributed by atoms with Crippen molar-refractivity contribution < 1.29 is 14.3 Å². The van der Waals surface area contributed by atoms with Gasteiger partial charge in [-0.2, -0.15) is 5.10 Å². The Labute approximate surface area is 170 Å². The number of halogens is 2. The van der Waals surface area contributed by atoms with Crippen molar-refractivity contribution in [1.29, 1.82) is 0 Å². The molecule has 138 valence electrons. The molecule has 2 aromatic carbocycles. The van der Waals surface area contributed by atoms with Crippen LogP contribution >= 0.6 is 39.3 Å². The Morgan fingerprint density at radius 3 is 2.73 bits per heavy atom. The van der Waals surface area contributed by atoms with Gasteiger partial charge in [-0.1, -0.05) is 11.6 Å². The Morgan fingerprint density at radius 2 is 2.08 bits per heavy atom. The van der Waals surface area contributed by atoms with Gasteiger partial charge in [-0.15, -0.1) is 11.8 Å². The predicted molar refractivity (Wildman–Crippen MR) is 110 cm³/mol. The van der Waals surface area contributed by atoms with E-state index in [1.165, 1.54) is 11.8 Å². The molecule has 5 nitrogen and oxygen atoms in total.